The van der Waals surface area contributed by atoms with Gasteiger partial charge in [0.25, 0.3) is 0 Å². The van der Waals surface area contributed by atoms with Gasteiger partial charge in [-0.15, -0.1) is 0 Å². The third-order valence-corrected chi connectivity index (χ3v) is 3.18. The second kappa shape index (κ2) is 6.57. The predicted molar refractivity (Wildman–Crippen MR) is 72.9 cm³/mol. The lowest BCUT2D eigenvalue weighted by Gasteiger charge is -2.15. The highest BCUT2D eigenvalue weighted by atomic mass is 19.1. The van der Waals surface area contributed by atoms with Gasteiger partial charge in [0.1, 0.15) is 17.5 Å². The zero-order chi connectivity index (χ0) is 14.5. The molecule has 0 aliphatic rings. The van der Waals surface area contributed by atoms with E-state index >= 15 is 0 Å². The van der Waals surface area contributed by atoms with Crippen molar-refractivity contribution in [3.63, 3.8) is 0 Å². The molecule has 0 aromatic heterocycles. The molecule has 1 nitrogen and oxygen atoms in total. The van der Waals surface area contributed by atoms with E-state index < -0.39 is 11.6 Å². The van der Waals surface area contributed by atoms with Crippen LogP contribution in [0.25, 0.3) is 0 Å². The third kappa shape index (κ3) is 3.84. The Hall–Kier alpha value is -1.81. The molecule has 0 bridgehead atoms. The molecule has 2 rings (SSSR count). The maximum Gasteiger partial charge on any atom is 0.128 e. The van der Waals surface area contributed by atoms with Crippen molar-refractivity contribution < 1.29 is 13.2 Å². The molecule has 1 N–H and O–H groups in total. The zero-order valence-electron chi connectivity index (χ0n) is 11.2. The third-order valence-electron chi connectivity index (χ3n) is 3.18. The maximum atomic E-state index is 13.6. The molecule has 0 saturated carbocycles. The van der Waals surface area contributed by atoms with Gasteiger partial charge < -0.3 is 5.32 Å². The normalized spacial score (nSPS) is 12.4. The van der Waals surface area contributed by atoms with Crippen molar-refractivity contribution in [1.82, 2.24) is 5.32 Å². The second-order valence-corrected chi connectivity index (χ2v) is 4.72. The molecule has 0 heterocycles. The van der Waals surface area contributed by atoms with Crippen LogP contribution in [-0.2, 0) is 6.42 Å². The van der Waals surface area contributed by atoms with Gasteiger partial charge in [0.2, 0.25) is 0 Å². The molecule has 0 fully saturated rings. The minimum Gasteiger partial charge on any atom is -0.310 e. The van der Waals surface area contributed by atoms with Gasteiger partial charge in [0.15, 0.2) is 0 Å². The first kappa shape index (κ1) is 14.6. The standard InChI is InChI=1S/C16H16F3N/c1-11(15-10-14(18)5-6-16(15)19)20-8-7-12-3-2-4-13(17)9-12/h2-6,9-11,20H,7-8H2,1H3. The van der Waals surface area contributed by atoms with Crippen LogP contribution >= 0.6 is 0 Å². The van der Waals surface area contributed by atoms with E-state index in [2.05, 4.69) is 5.32 Å². The average Bonchev–Trinajstić information content (AvgIpc) is 2.41. The molecule has 4 heteroatoms. The topological polar surface area (TPSA) is 12.0 Å². The molecule has 1 atom stereocenters. The summed E-state index contributed by atoms with van der Waals surface area (Å²) in [5.74, 6) is -1.16. The number of rotatable bonds is 5. The van der Waals surface area contributed by atoms with Gasteiger partial charge >= 0.3 is 0 Å². The van der Waals surface area contributed by atoms with Gasteiger partial charge in [-0.3, -0.25) is 0 Å². The first-order chi connectivity index (χ1) is 9.56. The summed E-state index contributed by atoms with van der Waals surface area (Å²) < 4.78 is 39.7. The van der Waals surface area contributed by atoms with Crippen LogP contribution in [0.4, 0.5) is 13.2 Å². The van der Waals surface area contributed by atoms with Crippen molar-refractivity contribution in [2.24, 2.45) is 0 Å². The molecule has 0 saturated heterocycles. The van der Waals surface area contributed by atoms with Gasteiger partial charge in [-0.05, 0) is 55.8 Å². The van der Waals surface area contributed by atoms with Crippen LogP contribution in [0.15, 0.2) is 42.5 Å². The van der Waals surface area contributed by atoms with Crippen molar-refractivity contribution in [3.8, 4) is 0 Å². The fraction of sp³-hybridized carbons (Fsp3) is 0.250. The molecular weight excluding hydrogens is 263 g/mol. The van der Waals surface area contributed by atoms with E-state index in [0.29, 0.717) is 18.5 Å². The summed E-state index contributed by atoms with van der Waals surface area (Å²) in [5.41, 5.74) is 1.16. The van der Waals surface area contributed by atoms with Crippen LogP contribution in [0.5, 0.6) is 0 Å². The molecule has 0 spiro atoms. The Kier molecular flexibility index (Phi) is 4.79. The first-order valence-corrected chi connectivity index (χ1v) is 6.49. The highest BCUT2D eigenvalue weighted by Crippen LogP contribution is 2.17. The Balaban J connectivity index is 1.92. The Labute approximate surface area is 116 Å². The summed E-state index contributed by atoms with van der Waals surface area (Å²) in [6.07, 6.45) is 0.624. The first-order valence-electron chi connectivity index (χ1n) is 6.49. The van der Waals surface area contributed by atoms with E-state index in [1.54, 1.807) is 13.0 Å². The van der Waals surface area contributed by atoms with Crippen LogP contribution in [-0.4, -0.2) is 6.54 Å². The number of hydrogen-bond acceptors (Lipinski definition) is 1. The fourth-order valence-corrected chi connectivity index (χ4v) is 2.08. The number of halogens is 3. The fourth-order valence-electron chi connectivity index (χ4n) is 2.08. The molecule has 0 amide bonds. The van der Waals surface area contributed by atoms with Gasteiger partial charge in [0.05, 0.1) is 0 Å². The molecule has 106 valence electrons. The van der Waals surface area contributed by atoms with E-state index in [1.807, 2.05) is 6.07 Å². The van der Waals surface area contributed by atoms with Crippen LogP contribution in [0.1, 0.15) is 24.1 Å². The van der Waals surface area contributed by atoms with Gasteiger partial charge in [-0.1, -0.05) is 12.1 Å². The number of benzene rings is 2. The van der Waals surface area contributed by atoms with Crippen molar-refractivity contribution in [1.29, 1.82) is 0 Å². The second-order valence-electron chi connectivity index (χ2n) is 4.72. The molecule has 2 aromatic rings. The van der Waals surface area contributed by atoms with Gasteiger partial charge in [-0.2, -0.15) is 0 Å². The van der Waals surface area contributed by atoms with Gasteiger partial charge in [-0.25, -0.2) is 13.2 Å². The lowest BCUT2D eigenvalue weighted by Crippen LogP contribution is -2.22. The van der Waals surface area contributed by atoms with E-state index in [1.165, 1.54) is 18.2 Å². The molecular formula is C16H16F3N. The Morgan fingerprint density at radius 3 is 2.50 bits per heavy atom. The quantitative estimate of drug-likeness (QED) is 0.872. The van der Waals surface area contributed by atoms with Crippen molar-refractivity contribution in [3.05, 3.63) is 71.0 Å². The van der Waals surface area contributed by atoms with Crippen molar-refractivity contribution >= 4 is 0 Å². The minimum atomic E-state index is -0.458. The Morgan fingerprint density at radius 2 is 1.75 bits per heavy atom. The molecule has 0 aliphatic heterocycles. The SMILES string of the molecule is CC(NCCc1cccc(F)c1)c1cc(F)ccc1F. The Bertz CT molecular complexity index is 584. The number of hydrogen-bond donors (Lipinski definition) is 1. The van der Waals surface area contributed by atoms with E-state index in [0.717, 1.165) is 17.7 Å². The summed E-state index contributed by atoms with van der Waals surface area (Å²) in [5, 5.41) is 3.11. The summed E-state index contributed by atoms with van der Waals surface area (Å²) >= 11 is 0. The van der Waals surface area contributed by atoms with Crippen LogP contribution < -0.4 is 5.32 Å². The summed E-state index contributed by atoms with van der Waals surface area (Å²) in [6.45, 7) is 2.32. The molecule has 2 aromatic carbocycles. The summed E-state index contributed by atoms with van der Waals surface area (Å²) in [7, 11) is 0. The lowest BCUT2D eigenvalue weighted by molar-refractivity contribution is 0.520. The highest BCUT2D eigenvalue weighted by molar-refractivity contribution is 5.22. The van der Waals surface area contributed by atoms with Crippen LogP contribution in [0.2, 0.25) is 0 Å². The largest absolute Gasteiger partial charge is 0.310 e. The average molecular weight is 279 g/mol. The molecule has 0 radical (unpaired) electrons. The maximum absolute atomic E-state index is 13.6. The van der Waals surface area contributed by atoms with E-state index in [4.69, 9.17) is 0 Å². The van der Waals surface area contributed by atoms with Crippen molar-refractivity contribution in [2.75, 3.05) is 6.54 Å². The number of nitrogens with one attached hydrogen (secondary N) is 1. The predicted octanol–water partition coefficient (Wildman–Crippen LogP) is 4.00. The molecule has 20 heavy (non-hydrogen) atoms. The van der Waals surface area contributed by atoms with Crippen LogP contribution in [0, 0.1) is 17.5 Å². The zero-order valence-corrected chi connectivity index (χ0v) is 11.2. The van der Waals surface area contributed by atoms with Crippen LogP contribution in [0.3, 0.4) is 0 Å². The van der Waals surface area contributed by atoms with Gasteiger partial charge in [0, 0.05) is 11.6 Å². The van der Waals surface area contributed by atoms with E-state index in [9.17, 15) is 13.2 Å². The smallest absolute Gasteiger partial charge is 0.128 e. The highest BCUT2D eigenvalue weighted by Gasteiger charge is 2.11. The van der Waals surface area contributed by atoms with E-state index in [-0.39, 0.29) is 11.9 Å². The monoisotopic (exact) mass is 279 g/mol. The summed E-state index contributed by atoms with van der Waals surface area (Å²) in [6, 6.07) is 9.44. The lowest BCUT2D eigenvalue weighted by atomic mass is 10.1. The minimum absolute atomic E-state index is 0.272. The molecule has 1 unspecified atom stereocenters. The Morgan fingerprint density at radius 1 is 1.00 bits per heavy atom. The van der Waals surface area contributed by atoms with Crippen molar-refractivity contribution in [2.45, 2.75) is 19.4 Å². The molecule has 0 aliphatic carbocycles. The summed E-state index contributed by atoms with van der Waals surface area (Å²) in [4.78, 5) is 0.